The minimum atomic E-state index is 0.674. The summed E-state index contributed by atoms with van der Waals surface area (Å²) in [6, 6.07) is 17.7. The van der Waals surface area contributed by atoms with Gasteiger partial charge in [-0.2, -0.15) is 0 Å². The van der Waals surface area contributed by atoms with Crippen LogP contribution in [0.5, 0.6) is 0 Å². The van der Waals surface area contributed by atoms with Gasteiger partial charge in [-0.3, -0.25) is 9.97 Å². The Morgan fingerprint density at radius 1 is 0.640 bits per heavy atom. The molecule has 0 saturated heterocycles. The van der Waals surface area contributed by atoms with Gasteiger partial charge in [-0.1, -0.05) is 28.1 Å². The van der Waals surface area contributed by atoms with E-state index in [1.165, 1.54) is 0 Å². The van der Waals surface area contributed by atoms with Crippen LogP contribution in [0, 0.1) is 0 Å². The highest BCUT2D eigenvalue weighted by molar-refractivity contribution is 9.10. The number of aromatic nitrogens is 4. The molecule has 25 heavy (non-hydrogen) atoms. The summed E-state index contributed by atoms with van der Waals surface area (Å²) in [5.74, 6) is 0.674. The van der Waals surface area contributed by atoms with Crippen molar-refractivity contribution in [3.63, 3.8) is 0 Å². The number of nitrogens with zero attached hydrogens (tertiary/aromatic N) is 4. The molecule has 120 valence electrons. The summed E-state index contributed by atoms with van der Waals surface area (Å²) in [6.45, 7) is 0. The van der Waals surface area contributed by atoms with Crippen molar-refractivity contribution < 1.29 is 0 Å². The Balaban J connectivity index is 1.90. The van der Waals surface area contributed by atoms with Crippen molar-refractivity contribution in [1.82, 2.24) is 19.9 Å². The Morgan fingerprint density at radius 3 is 1.68 bits per heavy atom. The average molecular weight is 389 g/mol. The van der Waals surface area contributed by atoms with Gasteiger partial charge in [0.05, 0.1) is 11.4 Å². The number of benzene rings is 1. The molecule has 0 aliphatic rings. The molecule has 0 unspecified atom stereocenters. The van der Waals surface area contributed by atoms with Gasteiger partial charge in [-0.05, 0) is 42.5 Å². The van der Waals surface area contributed by atoms with Gasteiger partial charge in [0, 0.05) is 46.0 Å². The largest absolute Gasteiger partial charge is 0.264 e. The van der Waals surface area contributed by atoms with Crippen LogP contribution in [0.25, 0.3) is 33.9 Å². The number of rotatable bonds is 3. The van der Waals surface area contributed by atoms with E-state index in [1.807, 2.05) is 54.6 Å². The smallest absolute Gasteiger partial charge is 0.160 e. The first-order chi connectivity index (χ1) is 12.3. The Hall–Kier alpha value is -2.92. The summed E-state index contributed by atoms with van der Waals surface area (Å²) in [4.78, 5) is 17.9. The van der Waals surface area contributed by atoms with Crippen LogP contribution in [0.1, 0.15) is 0 Å². The predicted octanol–water partition coefficient (Wildman–Crippen LogP) is 5.03. The van der Waals surface area contributed by atoms with Crippen LogP contribution in [0.2, 0.25) is 0 Å². The van der Waals surface area contributed by atoms with Gasteiger partial charge in [0.25, 0.3) is 0 Å². The van der Waals surface area contributed by atoms with Gasteiger partial charge in [-0.25, -0.2) is 9.97 Å². The molecule has 4 aromatic rings. The highest BCUT2D eigenvalue weighted by Gasteiger charge is 2.10. The van der Waals surface area contributed by atoms with Crippen molar-refractivity contribution in [3.05, 3.63) is 83.9 Å². The van der Waals surface area contributed by atoms with Crippen LogP contribution in [0.3, 0.4) is 0 Å². The van der Waals surface area contributed by atoms with Gasteiger partial charge in [0.1, 0.15) is 0 Å². The molecule has 0 atom stereocenters. The Morgan fingerprint density at radius 2 is 1.20 bits per heavy atom. The second-order valence-electron chi connectivity index (χ2n) is 5.45. The third kappa shape index (κ3) is 3.46. The molecule has 0 spiro atoms. The van der Waals surface area contributed by atoms with Crippen molar-refractivity contribution in [3.8, 4) is 33.9 Å². The Bertz CT molecular complexity index is 929. The molecule has 0 saturated carbocycles. The molecule has 1 aromatic carbocycles. The van der Waals surface area contributed by atoms with E-state index in [4.69, 9.17) is 9.97 Å². The third-order valence-corrected chi connectivity index (χ3v) is 4.27. The quantitative estimate of drug-likeness (QED) is 0.493. The Kier molecular flexibility index (Phi) is 4.31. The van der Waals surface area contributed by atoms with Crippen LogP contribution in [-0.4, -0.2) is 19.9 Å². The van der Waals surface area contributed by atoms with E-state index in [0.29, 0.717) is 5.82 Å². The number of halogens is 1. The first-order valence-corrected chi connectivity index (χ1v) is 8.55. The van der Waals surface area contributed by atoms with E-state index >= 15 is 0 Å². The maximum atomic E-state index is 4.74. The lowest BCUT2D eigenvalue weighted by atomic mass is 10.1. The predicted molar refractivity (Wildman–Crippen MR) is 102 cm³/mol. The van der Waals surface area contributed by atoms with Crippen LogP contribution in [0.4, 0.5) is 0 Å². The van der Waals surface area contributed by atoms with Crippen molar-refractivity contribution in [2.75, 3.05) is 0 Å². The summed E-state index contributed by atoms with van der Waals surface area (Å²) < 4.78 is 1.02. The molecule has 0 fully saturated rings. The van der Waals surface area contributed by atoms with Gasteiger partial charge < -0.3 is 0 Å². The number of hydrogen-bond donors (Lipinski definition) is 0. The van der Waals surface area contributed by atoms with Gasteiger partial charge in [0.15, 0.2) is 5.82 Å². The summed E-state index contributed by atoms with van der Waals surface area (Å²) in [7, 11) is 0. The normalized spacial score (nSPS) is 10.6. The molecular formula is C20H13BrN4. The van der Waals surface area contributed by atoms with Gasteiger partial charge >= 0.3 is 0 Å². The lowest BCUT2D eigenvalue weighted by Crippen LogP contribution is -1.96. The fraction of sp³-hybridized carbons (Fsp3) is 0. The van der Waals surface area contributed by atoms with E-state index in [9.17, 15) is 0 Å². The molecule has 0 amide bonds. The minimum absolute atomic E-state index is 0.674. The molecule has 0 bridgehead atoms. The zero-order valence-corrected chi connectivity index (χ0v) is 14.8. The van der Waals surface area contributed by atoms with Crippen LogP contribution < -0.4 is 0 Å². The summed E-state index contributed by atoms with van der Waals surface area (Å²) >= 11 is 3.46. The molecule has 0 aliphatic carbocycles. The van der Waals surface area contributed by atoms with Gasteiger partial charge in [0.2, 0.25) is 0 Å². The van der Waals surface area contributed by atoms with Crippen molar-refractivity contribution in [2.24, 2.45) is 0 Å². The van der Waals surface area contributed by atoms with Crippen molar-refractivity contribution in [1.29, 1.82) is 0 Å². The van der Waals surface area contributed by atoms with E-state index in [1.54, 1.807) is 24.8 Å². The molecule has 0 N–H and O–H groups in total. The molecule has 4 rings (SSSR count). The standard InChI is InChI=1S/C20H13BrN4/c21-17-7-5-14(6-8-17)20-24-18(15-3-1-9-22-12-15)11-19(25-20)16-4-2-10-23-13-16/h1-13H. The monoisotopic (exact) mass is 388 g/mol. The Labute approximate surface area is 153 Å². The fourth-order valence-corrected chi connectivity index (χ4v) is 2.76. The fourth-order valence-electron chi connectivity index (χ4n) is 2.50. The molecule has 0 radical (unpaired) electrons. The number of hydrogen-bond acceptors (Lipinski definition) is 4. The van der Waals surface area contributed by atoms with Crippen LogP contribution in [-0.2, 0) is 0 Å². The average Bonchev–Trinajstić information content (AvgIpc) is 2.69. The highest BCUT2D eigenvalue weighted by Crippen LogP contribution is 2.27. The summed E-state index contributed by atoms with van der Waals surface area (Å²) in [5, 5.41) is 0. The third-order valence-electron chi connectivity index (χ3n) is 3.74. The maximum absolute atomic E-state index is 4.74. The van der Waals surface area contributed by atoms with Crippen LogP contribution in [0.15, 0.2) is 83.9 Å². The van der Waals surface area contributed by atoms with Crippen molar-refractivity contribution in [2.45, 2.75) is 0 Å². The van der Waals surface area contributed by atoms with Crippen molar-refractivity contribution >= 4 is 15.9 Å². The van der Waals surface area contributed by atoms with Gasteiger partial charge in [-0.15, -0.1) is 0 Å². The first-order valence-electron chi connectivity index (χ1n) is 7.75. The molecule has 0 aliphatic heterocycles. The summed E-state index contributed by atoms with van der Waals surface area (Å²) in [6.07, 6.45) is 7.12. The minimum Gasteiger partial charge on any atom is -0.264 e. The molecule has 3 aromatic heterocycles. The molecular weight excluding hydrogens is 376 g/mol. The lowest BCUT2D eigenvalue weighted by molar-refractivity contribution is 1.17. The highest BCUT2D eigenvalue weighted by atomic mass is 79.9. The second kappa shape index (κ2) is 6.91. The number of pyridine rings is 2. The SMILES string of the molecule is Brc1ccc(-c2nc(-c3cccnc3)cc(-c3cccnc3)n2)cc1. The first kappa shape index (κ1) is 15.6. The second-order valence-corrected chi connectivity index (χ2v) is 6.37. The molecule has 5 heteroatoms. The zero-order chi connectivity index (χ0) is 17.1. The topological polar surface area (TPSA) is 51.6 Å². The van der Waals surface area contributed by atoms with E-state index < -0.39 is 0 Å². The van der Waals surface area contributed by atoms with E-state index in [2.05, 4.69) is 25.9 Å². The van der Waals surface area contributed by atoms with E-state index in [0.717, 1.165) is 32.6 Å². The van der Waals surface area contributed by atoms with Crippen LogP contribution >= 0.6 is 15.9 Å². The molecule has 4 nitrogen and oxygen atoms in total. The lowest BCUT2D eigenvalue weighted by Gasteiger charge is -2.09. The maximum Gasteiger partial charge on any atom is 0.160 e. The van der Waals surface area contributed by atoms with E-state index in [-0.39, 0.29) is 0 Å². The molecule has 3 heterocycles. The zero-order valence-electron chi connectivity index (χ0n) is 13.2. The summed E-state index contributed by atoms with van der Waals surface area (Å²) in [5.41, 5.74) is 4.53.